The molecule has 0 N–H and O–H groups in total. The van der Waals surface area contributed by atoms with Crippen molar-refractivity contribution < 1.29 is 4.79 Å². The molecule has 1 aliphatic rings. The summed E-state index contributed by atoms with van der Waals surface area (Å²) in [5.41, 5.74) is 1.91. The van der Waals surface area contributed by atoms with E-state index in [0.29, 0.717) is 10.8 Å². The van der Waals surface area contributed by atoms with Crippen LogP contribution in [0.3, 0.4) is 0 Å². The summed E-state index contributed by atoms with van der Waals surface area (Å²) < 4.78 is 0. The lowest BCUT2D eigenvalue weighted by Crippen LogP contribution is -2.27. The number of nitrogens with zero attached hydrogens (tertiary/aromatic N) is 1. The summed E-state index contributed by atoms with van der Waals surface area (Å²) in [4.78, 5) is 14.0. The van der Waals surface area contributed by atoms with Crippen LogP contribution in [0.4, 0.5) is 5.69 Å². The molecule has 1 heterocycles. The molecular formula is C15H12ClNOS. The Kier molecular flexibility index (Phi) is 3.49. The summed E-state index contributed by atoms with van der Waals surface area (Å²) in [6.07, 6.45) is 0. The maximum atomic E-state index is 12.1. The summed E-state index contributed by atoms with van der Waals surface area (Å²) >= 11 is 7.87. The highest BCUT2D eigenvalue weighted by molar-refractivity contribution is 8.00. The van der Waals surface area contributed by atoms with Gasteiger partial charge in [0.25, 0.3) is 0 Å². The smallest absolute Gasteiger partial charge is 0.238 e. The third-order valence-electron chi connectivity index (χ3n) is 3.07. The van der Waals surface area contributed by atoms with E-state index < -0.39 is 0 Å². The van der Waals surface area contributed by atoms with Gasteiger partial charge in [0, 0.05) is 16.3 Å². The molecular weight excluding hydrogens is 278 g/mol. The van der Waals surface area contributed by atoms with Crippen LogP contribution in [0.1, 0.15) is 10.9 Å². The average molecular weight is 290 g/mol. The summed E-state index contributed by atoms with van der Waals surface area (Å²) in [6, 6.07) is 17.4. The number of carbonyl (C=O) groups excluding carboxylic acids is 1. The average Bonchev–Trinajstić information content (AvgIpc) is 2.82. The Bertz CT molecular complexity index is 602. The highest BCUT2D eigenvalue weighted by atomic mass is 35.5. The van der Waals surface area contributed by atoms with Gasteiger partial charge in [-0.25, -0.2) is 0 Å². The van der Waals surface area contributed by atoms with Crippen LogP contribution in [0, 0.1) is 0 Å². The summed E-state index contributed by atoms with van der Waals surface area (Å²) in [6.45, 7) is 0. The Morgan fingerprint density at radius 3 is 2.47 bits per heavy atom. The third kappa shape index (κ3) is 2.36. The van der Waals surface area contributed by atoms with Gasteiger partial charge in [-0.15, -0.1) is 11.8 Å². The monoisotopic (exact) mass is 289 g/mol. The van der Waals surface area contributed by atoms with Crippen LogP contribution in [0.5, 0.6) is 0 Å². The van der Waals surface area contributed by atoms with Gasteiger partial charge in [0.2, 0.25) is 5.91 Å². The van der Waals surface area contributed by atoms with Crippen molar-refractivity contribution in [1.29, 1.82) is 0 Å². The molecule has 1 aliphatic heterocycles. The van der Waals surface area contributed by atoms with E-state index in [-0.39, 0.29) is 11.3 Å². The zero-order valence-corrected chi connectivity index (χ0v) is 11.7. The highest BCUT2D eigenvalue weighted by Crippen LogP contribution is 2.43. The standard InChI is InChI=1S/C15H12ClNOS/c16-13-9-5-4-8-12(13)15-17(14(18)10-19-15)11-6-2-1-3-7-11/h1-9,15H,10H2. The third-order valence-corrected chi connectivity index (χ3v) is 4.61. The van der Waals surface area contributed by atoms with Gasteiger partial charge < -0.3 is 0 Å². The molecule has 3 rings (SSSR count). The number of amides is 1. The Balaban J connectivity index is 2.02. The number of rotatable bonds is 2. The van der Waals surface area contributed by atoms with Gasteiger partial charge in [0.15, 0.2) is 0 Å². The van der Waals surface area contributed by atoms with E-state index in [9.17, 15) is 4.79 Å². The number of thioether (sulfide) groups is 1. The lowest BCUT2D eigenvalue weighted by molar-refractivity contribution is -0.115. The molecule has 0 saturated carbocycles. The van der Waals surface area contributed by atoms with E-state index in [1.807, 2.05) is 59.5 Å². The fraction of sp³-hybridized carbons (Fsp3) is 0.133. The SMILES string of the molecule is O=C1CSC(c2ccccc2Cl)N1c1ccccc1. The Morgan fingerprint density at radius 2 is 1.74 bits per heavy atom. The first-order valence-electron chi connectivity index (χ1n) is 6.00. The van der Waals surface area contributed by atoms with Gasteiger partial charge in [0.05, 0.1) is 5.75 Å². The first-order chi connectivity index (χ1) is 9.27. The van der Waals surface area contributed by atoms with Crippen LogP contribution in [-0.4, -0.2) is 11.7 Å². The van der Waals surface area contributed by atoms with E-state index in [1.54, 1.807) is 11.8 Å². The molecule has 2 aromatic rings. The quantitative estimate of drug-likeness (QED) is 0.829. The van der Waals surface area contributed by atoms with Gasteiger partial charge in [0.1, 0.15) is 5.37 Å². The molecule has 0 spiro atoms. The molecule has 2 nitrogen and oxygen atoms in total. The molecule has 1 atom stereocenters. The minimum Gasteiger partial charge on any atom is -0.295 e. The van der Waals surface area contributed by atoms with Crippen LogP contribution in [-0.2, 0) is 4.79 Å². The number of hydrogen-bond acceptors (Lipinski definition) is 2. The summed E-state index contributed by atoms with van der Waals surface area (Å²) in [5.74, 6) is 0.617. The molecule has 96 valence electrons. The predicted octanol–water partition coefficient (Wildman–Crippen LogP) is 4.12. The van der Waals surface area contributed by atoms with E-state index >= 15 is 0 Å². The minimum atomic E-state index is -0.0383. The molecule has 19 heavy (non-hydrogen) atoms. The molecule has 4 heteroatoms. The lowest BCUT2D eigenvalue weighted by atomic mass is 10.2. The fourth-order valence-electron chi connectivity index (χ4n) is 2.20. The van der Waals surface area contributed by atoms with Crippen molar-refractivity contribution >= 4 is 35.0 Å². The zero-order chi connectivity index (χ0) is 13.2. The molecule has 2 aromatic carbocycles. The van der Waals surface area contributed by atoms with E-state index in [0.717, 1.165) is 11.3 Å². The van der Waals surface area contributed by atoms with Crippen molar-refractivity contribution in [2.75, 3.05) is 10.7 Å². The fourth-order valence-corrected chi connectivity index (χ4v) is 3.71. The molecule has 0 aliphatic carbocycles. The van der Waals surface area contributed by atoms with Crippen LogP contribution in [0.15, 0.2) is 54.6 Å². The van der Waals surface area contributed by atoms with Crippen LogP contribution >= 0.6 is 23.4 Å². The first kappa shape index (κ1) is 12.6. The van der Waals surface area contributed by atoms with Gasteiger partial charge >= 0.3 is 0 Å². The maximum absolute atomic E-state index is 12.1. The summed E-state index contributed by atoms with van der Waals surface area (Å²) in [7, 11) is 0. The van der Waals surface area contributed by atoms with Crippen molar-refractivity contribution in [1.82, 2.24) is 0 Å². The van der Waals surface area contributed by atoms with Crippen molar-refractivity contribution in [3.8, 4) is 0 Å². The number of halogens is 1. The van der Waals surface area contributed by atoms with E-state index in [4.69, 9.17) is 11.6 Å². The Labute approximate surface area is 121 Å². The minimum absolute atomic E-state index is 0.0383. The van der Waals surface area contributed by atoms with Crippen molar-refractivity contribution in [2.24, 2.45) is 0 Å². The number of carbonyl (C=O) groups is 1. The van der Waals surface area contributed by atoms with Crippen molar-refractivity contribution in [3.63, 3.8) is 0 Å². The van der Waals surface area contributed by atoms with E-state index in [1.165, 1.54) is 0 Å². The number of hydrogen-bond donors (Lipinski definition) is 0. The van der Waals surface area contributed by atoms with Gasteiger partial charge in [-0.05, 0) is 18.2 Å². The van der Waals surface area contributed by atoms with Gasteiger partial charge in [-0.2, -0.15) is 0 Å². The highest BCUT2D eigenvalue weighted by Gasteiger charge is 2.34. The van der Waals surface area contributed by atoms with Crippen LogP contribution < -0.4 is 4.90 Å². The normalized spacial score (nSPS) is 18.9. The zero-order valence-electron chi connectivity index (χ0n) is 10.1. The predicted molar refractivity (Wildman–Crippen MR) is 80.6 cm³/mol. The van der Waals surface area contributed by atoms with Crippen LogP contribution in [0.2, 0.25) is 5.02 Å². The molecule has 1 unspecified atom stereocenters. The Hall–Kier alpha value is -1.45. The lowest BCUT2D eigenvalue weighted by Gasteiger charge is -2.24. The second kappa shape index (κ2) is 5.27. The number of anilines is 1. The number of benzene rings is 2. The molecule has 0 radical (unpaired) electrons. The molecule has 0 aromatic heterocycles. The molecule has 1 saturated heterocycles. The van der Waals surface area contributed by atoms with Gasteiger partial charge in [-0.1, -0.05) is 48.0 Å². The second-order valence-electron chi connectivity index (χ2n) is 4.28. The van der Waals surface area contributed by atoms with Crippen LogP contribution in [0.25, 0.3) is 0 Å². The van der Waals surface area contributed by atoms with Crippen molar-refractivity contribution in [2.45, 2.75) is 5.37 Å². The van der Waals surface area contributed by atoms with Gasteiger partial charge in [-0.3, -0.25) is 9.69 Å². The molecule has 1 amide bonds. The van der Waals surface area contributed by atoms with E-state index in [2.05, 4.69) is 0 Å². The van der Waals surface area contributed by atoms with Crippen molar-refractivity contribution in [3.05, 3.63) is 65.2 Å². The maximum Gasteiger partial charge on any atom is 0.238 e. The molecule has 0 bridgehead atoms. The number of para-hydroxylation sites is 1. The summed E-state index contributed by atoms with van der Waals surface area (Å²) in [5, 5.41) is 0.666. The largest absolute Gasteiger partial charge is 0.295 e. The Morgan fingerprint density at radius 1 is 1.05 bits per heavy atom. The molecule has 1 fully saturated rings. The first-order valence-corrected chi connectivity index (χ1v) is 7.43. The second-order valence-corrected chi connectivity index (χ2v) is 5.76. The topological polar surface area (TPSA) is 20.3 Å².